The number of rotatable bonds is 8. The monoisotopic (exact) mass is 368 g/mol. The van der Waals surface area contributed by atoms with Crippen LogP contribution in [0.2, 0.25) is 0 Å². The lowest BCUT2D eigenvalue weighted by atomic mass is 9.99. The van der Waals surface area contributed by atoms with Crippen molar-refractivity contribution in [2.75, 3.05) is 6.61 Å². The predicted octanol–water partition coefficient (Wildman–Crippen LogP) is 7.54. The number of hydrogen-bond acceptors (Lipinski definition) is 1. The molecule has 0 saturated heterocycles. The van der Waals surface area contributed by atoms with Crippen LogP contribution in [-0.4, -0.2) is 6.61 Å². The van der Waals surface area contributed by atoms with Crippen LogP contribution in [0, 0.1) is 0 Å². The van der Waals surface area contributed by atoms with E-state index in [-0.39, 0.29) is 0 Å². The summed E-state index contributed by atoms with van der Waals surface area (Å²) in [5.41, 5.74) is 7.36. The molecule has 0 spiro atoms. The van der Waals surface area contributed by atoms with Crippen molar-refractivity contribution in [3.8, 4) is 22.3 Å². The summed E-state index contributed by atoms with van der Waals surface area (Å²) in [6.45, 7) is 5.49. The molecular weight excluding hydrogens is 340 g/mol. The predicted molar refractivity (Wildman–Crippen MR) is 121 cm³/mol. The van der Waals surface area contributed by atoms with Crippen molar-refractivity contribution in [2.45, 2.75) is 26.9 Å². The van der Waals surface area contributed by atoms with Gasteiger partial charge in [-0.2, -0.15) is 0 Å². The highest BCUT2D eigenvalue weighted by Crippen LogP contribution is 2.25. The van der Waals surface area contributed by atoms with Crippen molar-refractivity contribution in [2.24, 2.45) is 0 Å². The summed E-state index contributed by atoms with van der Waals surface area (Å²) in [7, 11) is 0. The van der Waals surface area contributed by atoms with Crippen LogP contribution < -0.4 is 0 Å². The van der Waals surface area contributed by atoms with Gasteiger partial charge in [0.25, 0.3) is 0 Å². The Morgan fingerprint density at radius 2 is 1.18 bits per heavy atom. The molecule has 0 aliphatic heterocycles. The molecule has 0 fully saturated rings. The minimum atomic E-state index is 0.649. The number of hydrogen-bond donors (Lipinski definition) is 0. The maximum absolute atomic E-state index is 5.66. The zero-order chi connectivity index (χ0) is 19.6. The second-order valence-electron chi connectivity index (χ2n) is 6.79. The zero-order valence-corrected chi connectivity index (χ0v) is 16.8. The van der Waals surface area contributed by atoms with Crippen LogP contribution in [0.25, 0.3) is 28.3 Å². The maximum Gasteiger partial charge on any atom is 0.0721 e. The van der Waals surface area contributed by atoms with Gasteiger partial charge in [0.15, 0.2) is 0 Å². The third-order valence-corrected chi connectivity index (χ3v) is 4.66. The molecular formula is C27H28O. The quantitative estimate of drug-likeness (QED) is 0.295. The SMILES string of the molecule is CC=Cc1ccc(-c2ccc(-c3ccc(COCC=CCC)cc3)cc2)cc1. The first-order chi connectivity index (χ1) is 13.8. The molecule has 0 bridgehead atoms. The first kappa shape index (κ1) is 19.9. The molecule has 0 heterocycles. The summed E-state index contributed by atoms with van der Waals surface area (Å²) in [4.78, 5) is 0. The minimum absolute atomic E-state index is 0.649. The van der Waals surface area contributed by atoms with Crippen LogP contribution in [0.5, 0.6) is 0 Å². The summed E-state index contributed by atoms with van der Waals surface area (Å²) in [5.74, 6) is 0. The Balaban J connectivity index is 1.63. The van der Waals surface area contributed by atoms with Gasteiger partial charge in [-0.25, -0.2) is 0 Å². The molecule has 0 radical (unpaired) electrons. The molecule has 142 valence electrons. The van der Waals surface area contributed by atoms with Crippen molar-refractivity contribution >= 4 is 6.08 Å². The Morgan fingerprint density at radius 1 is 0.679 bits per heavy atom. The van der Waals surface area contributed by atoms with Crippen molar-refractivity contribution < 1.29 is 4.74 Å². The smallest absolute Gasteiger partial charge is 0.0721 e. The number of allylic oxidation sites excluding steroid dienone is 2. The van der Waals surface area contributed by atoms with Gasteiger partial charge in [0, 0.05) is 0 Å². The second kappa shape index (κ2) is 10.4. The molecule has 0 saturated carbocycles. The summed E-state index contributed by atoms with van der Waals surface area (Å²) in [5, 5.41) is 0. The molecule has 0 aliphatic carbocycles. The summed E-state index contributed by atoms with van der Waals surface area (Å²) >= 11 is 0. The van der Waals surface area contributed by atoms with E-state index in [9.17, 15) is 0 Å². The van der Waals surface area contributed by atoms with Gasteiger partial charge in [-0.3, -0.25) is 0 Å². The molecule has 1 nitrogen and oxygen atoms in total. The van der Waals surface area contributed by atoms with E-state index in [1.807, 2.05) is 6.92 Å². The Kier molecular flexibility index (Phi) is 7.40. The van der Waals surface area contributed by atoms with Gasteiger partial charge in [0.2, 0.25) is 0 Å². The van der Waals surface area contributed by atoms with Crippen molar-refractivity contribution in [1.29, 1.82) is 0 Å². The van der Waals surface area contributed by atoms with E-state index in [2.05, 4.69) is 104 Å². The van der Waals surface area contributed by atoms with Crippen molar-refractivity contribution in [3.05, 3.63) is 102 Å². The summed E-state index contributed by atoms with van der Waals surface area (Å²) in [6.07, 6.45) is 9.43. The van der Waals surface area contributed by atoms with Gasteiger partial charge >= 0.3 is 0 Å². The molecule has 28 heavy (non-hydrogen) atoms. The van der Waals surface area contributed by atoms with Crippen LogP contribution in [-0.2, 0) is 11.3 Å². The fraction of sp³-hybridized carbons (Fsp3) is 0.185. The first-order valence-electron chi connectivity index (χ1n) is 9.95. The molecule has 3 aromatic rings. The molecule has 0 N–H and O–H groups in total. The molecule has 0 amide bonds. The lowest BCUT2D eigenvalue weighted by molar-refractivity contribution is 0.148. The van der Waals surface area contributed by atoms with Crippen LogP contribution in [0.4, 0.5) is 0 Å². The number of ether oxygens (including phenoxy) is 1. The maximum atomic E-state index is 5.66. The van der Waals surface area contributed by atoms with E-state index in [0.717, 1.165) is 6.42 Å². The van der Waals surface area contributed by atoms with Gasteiger partial charge in [0.1, 0.15) is 0 Å². The molecule has 3 rings (SSSR count). The Bertz CT molecular complexity index is 898. The van der Waals surface area contributed by atoms with E-state index in [4.69, 9.17) is 4.74 Å². The number of benzene rings is 3. The minimum Gasteiger partial charge on any atom is -0.373 e. The Labute approximate surface area is 169 Å². The van der Waals surface area contributed by atoms with E-state index in [0.29, 0.717) is 13.2 Å². The standard InChI is InChI=1S/C27H28O/c1-3-5-6-20-28-21-23-10-14-25(15-11-23)27-18-16-26(17-19-27)24-12-8-22(7-4-2)9-13-24/h4-19H,3,20-21H2,1-2H3. The Hall–Kier alpha value is -2.90. The molecule has 0 aliphatic rings. The average Bonchev–Trinajstić information content (AvgIpc) is 2.75. The van der Waals surface area contributed by atoms with E-state index in [1.54, 1.807) is 0 Å². The van der Waals surface area contributed by atoms with Gasteiger partial charge in [0.05, 0.1) is 13.2 Å². The van der Waals surface area contributed by atoms with Crippen LogP contribution >= 0.6 is 0 Å². The zero-order valence-electron chi connectivity index (χ0n) is 16.8. The molecule has 0 unspecified atom stereocenters. The van der Waals surface area contributed by atoms with Gasteiger partial charge in [-0.05, 0) is 46.7 Å². The largest absolute Gasteiger partial charge is 0.373 e. The van der Waals surface area contributed by atoms with Crippen LogP contribution in [0.3, 0.4) is 0 Å². The fourth-order valence-electron chi connectivity index (χ4n) is 3.11. The van der Waals surface area contributed by atoms with E-state index < -0.39 is 0 Å². The average molecular weight is 369 g/mol. The topological polar surface area (TPSA) is 9.23 Å². The fourth-order valence-corrected chi connectivity index (χ4v) is 3.11. The highest BCUT2D eigenvalue weighted by atomic mass is 16.5. The first-order valence-corrected chi connectivity index (χ1v) is 9.95. The third kappa shape index (κ3) is 5.55. The lowest BCUT2D eigenvalue weighted by Crippen LogP contribution is -1.92. The van der Waals surface area contributed by atoms with Gasteiger partial charge in [-0.15, -0.1) is 0 Å². The van der Waals surface area contributed by atoms with Crippen LogP contribution in [0.15, 0.2) is 91.0 Å². The van der Waals surface area contributed by atoms with Gasteiger partial charge in [-0.1, -0.05) is 104 Å². The second-order valence-corrected chi connectivity index (χ2v) is 6.79. The van der Waals surface area contributed by atoms with E-state index >= 15 is 0 Å². The molecule has 1 heteroatoms. The van der Waals surface area contributed by atoms with Gasteiger partial charge < -0.3 is 4.74 Å². The summed E-state index contributed by atoms with van der Waals surface area (Å²) in [6, 6.07) is 26.1. The summed E-state index contributed by atoms with van der Waals surface area (Å²) < 4.78 is 5.66. The molecule has 3 aromatic carbocycles. The van der Waals surface area contributed by atoms with Crippen molar-refractivity contribution in [3.63, 3.8) is 0 Å². The normalized spacial score (nSPS) is 11.5. The van der Waals surface area contributed by atoms with Crippen molar-refractivity contribution in [1.82, 2.24) is 0 Å². The Morgan fingerprint density at radius 3 is 1.68 bits per heavy atom. The highest BCUT2D eigenvalue weighted by molar-refractivity contribution is 5.71. The highest BCUT2D eigenvalue weighted by Gasteiger charge is 2.01. The molecule has 0 aromatic heterocycles. The lowest BCUT2D eigenvalue weighted by Gasteiger charge is -2.07. The van der Waals surface area contributed by atoms with Crippen LogP contribution in [0.1, 0.15) is 31.4 Å². The van der Waals surface area contributed by atoms with E-state index in [1.165, 1.54) is 33.4 Å². The molecule has 0 atom stereocenters. The third-order valence-electron chi connectivity index (χ3n) is 4.66.